The van der Waals surface area contributed by atoms with E-state index in [0.29, 0.717) is 19.8 Å². The molecule has 0 aromatic carbocycles. The second-order valence-electron chi connectivity index (χ2n) is 6.99. The summed E-state index contributed by atoms with van der Waals surface area (Å²) in [4.78, 5) is 0. The Balaban J connectivity index is 4.91. The van der Waals surface area contributed by atoms with Gasteiger partial charge in [0.25, 0.3) is 5.97 Å². The van der Waals surface area contributed by atoms with Crippen molar-refractivity contribution < 1.29 is 14.2 Å². The molecular formula is C23H46O3. The Hall–Kier alpha value is -0.380. The molecule has 0 N–H and O–H groups in total. The third kappa shape index (κ3) is 11.4. The average Bonchev–Trinajstić information content (AvgIpc) is 2.63. The number of allylic oxidation sites excluding steroid dienone is 1. The van der Waals surface area contributed by atoms with Crippen LogP contribution in [0.3, 0.4) is 0 Å². The summed E-state index contributed by atoms with van der Waals surface area (Å²) in [6, 6.07) is 0. The molecule has 0 fully saturated rings. The Bertz CT molecular complexity index is 298. The topological polar surface area (TPSA) is 27.7 Å². The molecule has 0 saturated carbocycles. The molecule has 1 unspecified atom stereocenters. The Morgan fingerprint density at radius 1 is 0.654 bits per heavy atom. The first-order chi connectivity index (χ1) is 12.7. The fourth-order valence-electron chi connectivity index (χ4n) is 3.36. The van der Waals surface area contributed by atoms with Crippen LogP contribution in [0.5, 0.6) is 0 Å². The fraction of sp³-hybridized carbons (Fsp3) is 0.913. The Labute approximate surface area is 163 Å². The van der Waals surface area contributed by atoms with Gasteiger partial charge in [-0.05, 0) is 40.0 Å². The van der Waals surface area contributed by atoms with Gasteiger partial charge in [0.15, 0.2) is 0 Å². The van der Waals surface area contributed by atoms with Crippen LogP contribution in [0, 0.1) is 5.92 Å². The largest absolute Gasteiger partial charge is 0.327 e. The van der Waals surface area contributed by atoms with Gasteiger partial charge in [-0.2, -0.15) is 0 Å². The molecule has 0 aliphatic rings. The SMILES string of the molecule is CCCCCC=CC(CCCCCCCC)C(OCC)(OCC)OCC. The number of rotatable bonds is 19. The number of hydrogen-bond donors (Lipinski definition) is 0. The average molecular weight is 371 g/mol. The van der Waals surface area contributed by atoms with E-state index in [1.807, 2.05) is 20.8 Å². The van der Waals surface area contributed by atoms with Gasteiger partial charge in [-0.3, -0.25) is 0 Å². The maximum Gasteiger partial charge on any atom is 0.289 e. The molecule has 26 heavy (non-hydrogen) atoms. The molecule has 0 aliphatic carbocycles. The Kier molecular flexibility index (Phi) is 17.7. The first-order valence-corrected chi connectivity index (χ1v) is 11.3. The summed E-state index contributed by atoms with van der Waals surface area (Å²) in [5.74, 6) is -0.779. The van der Waals surface area contributed by atoms with E-state index in [4.69, 9.17) is 14.2 Å². The second kappa shape index (κ2) is 18.0. The van der Waals surface area contributed by atoms with Crippen LogP contribution in [0.2, 0.25) is 0 Å². The van der Waals surface area contributed by atoms with E-state index in [2.05, 4.69) is 26.0 Å². The molecule has 0 aliphatic heterocycles. The normalized spacial score (nSPS) is 13.6. The molecule has 0 radical (unpaired) electrons. The van der Waals surface area contributed by atoms with Crippen molar-refractivity contribution in [2.24, 2.45) is 5.92 Å². The van der Waals surface area contributed by atoms with Crippen molar-refractivity contribution in [1.82, 2.24) is 0 Å². The number of hydrogen-bond acceptors (Lipinski definition) is 3. The van der Waals surface area contributed by atoms with Crippen LogP contribution < -0.4 is 0 Å². The van der Waals surface area contributed by atoms with Gasteiger partial charge in [0.1, 0.15) is 0 Å². The molecular weight excluding hydrogens is 324 g/mol. The van der Waals surface area contributed by atoms with E-state index < -0.39 is 5.97 Å². The van der Waals surface area contributed by atoms with Crippen LogP contribution in [0.4, 0.5) is 0 Å². The highest BCUT2D eigenvalue weighted by Gasteiger charge is 2.40. The molecule has 0 aromatic rings. The molecule has 0 spiro atoms. The van der Waals surface area contributed by atoms with Gasteiger partial charge in [-0.25, -0.2) is 0 Å². The van der Waals surface area contributed by atoms with Crippen molar-refractivity contribution in [3.8, 4) is 0 Å². The van der Waals surface area contributed by atoms with Crippen molar-refractivity contribution in [2.75, 3.05) is 19.8 Å². The summed E-state index contributed by atoms with van der Waals surface area (Å²) < 4.78 is 18.2. The number of unbranched alkanes of at least 4 members (excludes halogenated alkanes) is 8. The zero-order valence-corrected chi connectivity index (χ0v) is 18.4. The van der Waals surface area contributed by atoms with E-state index in [-0.39, 0.29) is 5.92 Å². The molecule has 3 nitrogen and oxygen atoms in total. The minimum Gasteiger partial charge on any atom is -0.327 e. The van der Waals surface area contributed by atoms with Gasteiger partial charge in [-0.15, -0.1) is 0 Å². The zero-order chi connectivity index (χ0) is 19.5. The maximum atomic E-state index is 6.05. The standard InChI is InChI=1S/C23H46O3/c1-6-11-13-15-17-19-21-22(20-18-16-14-12-7-2)23(24-8-3,25-9-4)26-10-5/h18,20,22H,6-17,19,21H2,1-5H3. The van der Waals surface area contributed by atoms with E-state index in [1.165, 1.54) is 57.8 Å². The molecule has 156 valence electrons. The van der Waals surface area contributed by atoms with E-state index in [1.54, 1.807) is 0 Å². The molecule has 0 amide bonds. The van der Waals surface area contributed by atoms with Crippen LogP contribution in [-0.2, 0) is 14.2 Å². The molecule has 0 saturated heterocycles. The quantitative estimate of drug-likeness (QED) is 0.136. The predicted octanol–water partition coefficient (Wildman–Crippen LogP) is 7.25. The lowest BCUT2D eigenvalue weighted by atomic mass is 9.96. The van der Waals surface area contributed by atoms with Crippen LogP contribution >= 0.6 is 0 Å². The molecule has 0 heterocycles. The van der Waals surface area contributed by atoms with Gasteiger partial charge < -0.3 is 14.2 Å². The summed E-state index contributed by atoms with van der Waals surface area (Å²) in [7, 11) is 0. The summed E-state index contributed by atoms with van der Waals surface area (Å²) in [6.45, 7) is 12.3. The molecule has 3 heteroatoms. The van der Waals surface area contributed by atoms with Crippen molar-refractivity contribution >= 4 is 0 Å². The van der Waals surface area contributed by atoms with Crippen LogP contribution in [0.25, 0.3) is 0 Å². The Morgan fingerprint density at radius 3 is 1.69 bits per heavy atom. The third-order valence-corrected chi connectivity index (χ3v) is 4.70. The fourth-order valence-corrected chi connectivity index (χ4v) is 3.36. The van der Waals surface area contributed by atoms with Crippen LogP contribution in [-0.4, -0.2) is 25.8 Å². The lowest BCUT2D eigenvalue weighted by Gasteiger charge is -2.38. The van der Waals surface area contributed by atoms with Crippen LogP contribution in [0.1, 0.15) is 105 Å². The lowest BCUT2D eigenvalue weighted by molar-refractivity contribution is -0.395. The highest BCUT2D eigenvalue weighted by molar-refractivity contribution is 4.93. The molecule has 0 bridgehead atoms. The van der Waals surface area contributed by atoms with Gasteiger partial charge >= 0.3 is 0 Å². The maximum absolute atomic E-state index is 6.05. The summed E-state index contributed by atoms with van der Waals surface area (Å²) in [6.07, 6.45) is 18.4. The van der Waals surface area contributed by atoms with E-state index in [9.17, 15) is 0 Å². The smallest absolute Gasteiger partial charge is 0.289 e. The number of ether oxygens (including phenoxy) is 3. The molecule has 1 atom stereocenters. The summed E-state index contributed by atoms with van der Waals surface area (Å²) >= 11 is 0. The highest BCUT2D eigenvalue weighted by Crippen LogP contribution is 2.32. The van der Waals surface area contributed by atoms with Gasteiger partial charge in [0.2, 0.25) is 0 Å². The summed E-state index contributed by atoms with van der Waals surface area (Å²) in [5, 5.41) is 0. The van der Waals surface area contributed by atoms with Gasteiger partial charge in [0, 0.05) is 19.8 Å². The minimum absolute atomic E-state index is 0.148. The lowest BCUT2D eigenvalue weighted by Crippen LogP contribution is -2.46. The van der Waals surface area contributed by atoms with Crippen molar-refractivity contribution in [3.63, 3.8) is 0 Å². The molecule has 0 rings (SSSR count). The molecule has 0 aromatic heterocycles. The van der Waals surface area contributed by atoms with Crippen molar-refractivity contribution in [1.29, 1.82) is 0 Å². The predicted molar refractivity (Wildman–Crippen MR) is 112 cm³/mol. The second-order valence-corrected chi connectivity index (χ2v) is 6.99. The first kappa shape index (κ1) is 25.6. The minimum atomic E-state index is -0.928. The third-order valence-electron chi connectivity index (χ3n) is 4.70. The first-order valence-electron chi connectivity index (χ1n) is 11.3. The van der Waals surface area contributed by atoms with Crippen molar-refractivity contribution in [2.45, 2.75) is 111 Å². The monoisotopic (exact) mass is 370 g/mol. The van der Waals surface area contributed by atoms with Crippen molar-refractivity contribution in [3.05, 3.63) is 12.2 Å². The zero-order valence-electron chi connectivity index (χ0n) is 18.4. The van der Waals surface area contributed by atoms with E-state index >= 15 is 0 Å². The highest BCUT2D eigenvalue weighted by atomic mass is 16.9. The van der Waals surface area contributed by atoms with Gasteiger partial charge in [-0.1, -0.05) is 77.4 Å². The Morgan fingerprint density at radius 2 is 1.15 bits per heavy atom. The van der Waals surface area contributed by atoms with Crippen LogP contribution in [0.15, 0.2) is 12.2 Å². The van der Waals surface area contributed by atoms with E-state index in [0.717, 1.165) is 12.8 Å². The van der Waals surface area contributed by atoms with Gasteiger partial charge in [0.05, 0.1) is 5.92 Å². The summed E-state index contributed by atoms with van der Waals surface area (Å²) in [5.41, 5.74) is 0.